The van der Waals surface area contributed by atoms with Crippen molar-refractivity contribution in [1.29, 1.82) is 0 Å². The van der Waals surface area contributed by atoms with Crippen LogP contribution in [0.15, 0.2) is 89.8 Å². The van der Waals surface area contributed by atoms with E-state index in [0.29, 0.717) is 27.6 Å². The number of nitrogens with zero attached hydrogens (tertiary/aromatic N) is 6. The summed E-state index contributed by atoms with van der Waals surface area (Å²) < 4.78 is 42.8. The van der Waals surface area contributed by atoms with Crippen molar-refractivity contribution in [3.8, 4) is 22.8 Å². The van der Waals surface area contributed by atoms with E-state index in [2.05, 4.69) is 44.2 Å². The standard InChI is InChI=1S/C31H27ClF3N7OS2/c1-18-14-24-16-45-30(42(24)27-15-22(32)8-13-26(18)27)37-29(44)39-40(3)19(2)20-4-6-21(7-5-20)28-36-17-41(38-28)23-9-11-25(12-10-23)43-31(33,34)35/h4-15,17-19H,16H2,1-3H3,(H,39,44)/b37-30-. The van der Waals surface area contributed by atoms with Crippen LogP contribution in [0.5, 0.6) is 5.75 Å². The zero-order chi connectivity index (χ0) is 31.9. The Labute approximate surface area is 272 Å². The van der Waals surface area contributed by atoms with E-state index < -0.39 is 6.36 Å². The molecule has 0 amide bonds. The second kappa shape index (κ2) is 12.5. The number of alkyl halides is 3. The molecule has 2 aliphatic heterocycles. The lowest BCUT2D eigenvalue weighted by atomic mass is 9.94. The fraction of sp³-hybridized carbons (Fsp3) is 0.226. The maximum Gasteiger partial charge on any atom is 0.573 e. The van der Waals surface area contributed by atoms with Crippen molar-refractivity contribution in [3.63, 3.8) is 0 Å². The molecule has 1 aromatic heterocycles. The van der Waals surface area contributed by atoms with Crippen LogP contribution in [0.4, 0.5) is 18.9 Å². The molecule has 1 saturated heterocycles. The minimum absolute atomic E-state index is 0.0535. The van der Waals surface area contributed by atoms with E-state index in [1.807, 2.05) is 55.4 Å². The average Bonchev–Trinajstić information content (AvgIpc) is 3.64. The van der Waals surface area contributed by atoms with Gasteiger partial charge < -0.3 is 4.74 Å². The van der Waals surface area contributed by atoms with E-state index >= 15 is 0 Å². The van der Waals surface area contributed by atoms with E-state index in [9.17, 15) is 13.2 Å². The number of anilines is 1. The zero-order valence-electron chi connectivity index (χ0n) is 24.3. The number of aliphatic imine (C=N–C) groups is 1. The summed E-state index contributed by atoms with van der Waals surface area (Å²) in [5.74, 6) is 1.28. The molecule has 3 heterocycles. The van der Waals surface area contributed by atoms with Crippen molar-refractivity contribution in [2.24, 2.45) is 4.99 Å². The summed E-state index contributed by atoms with van der Waals surface area (Å²) in [6, 6.07) is 19.1. The first-order valence-corrected chi connectivity index (χ1v) is 15.7. The third-order valence-electron chi connectivity index (χ3n) is 7.52. The summed E-state index contributed by atoms with van der Waals surface area (Å²) in [6.45, 7) is 4.23. The lowest BCUT2D eigenvalue weighted by molar-refractivity contribution is -0.274. The molecule has 1 fully saturated rings. The molecule has 3 aromatic carbocycles. The third-order valence-corrected chi connectivity index (χ3v) is 8.91. The number of rotatable bonds is 6. The number of fused-ring (bicyclic) bond motifs is 3. The van der Waals surface area contributed by atoms with Gasteiger partial charge >= 0.3 is 6.36 Å². The number of nitrogens with one attached hydrogen (secondary N) is 1. The Morgan fingerprint density at radius 1 is 1.16 bits per heavy atom. The van der Waals surface area contributed by atoms with Gasteiger partial charge in [-0.15, -0.1) is 18.3 Å². The first-order valence-electron chi connectivity index (χ1n) is 13.9. The van der Waals surface area contributed by atoms with Gasteiger partial charge in [0.2, 0.25) is 5.11 Å². The van der Waals surface area contributed by atoms with Gasteiger partial charge in [0.25, 0.3) is 0 Å². The van der Waals surface area contributed by atoms with Crippen LogP contribution >= 0.6 is 35.6 Å². The maximum atomic E-state index is 12.4. The van der Waals surface area contributed by atoms with Gasteiger partial charge in [-0.3, -0.25) is 10.3 Å². The number of ether oxygens (including phenoxy) is 1. The van der Waals surface area contributed by atoms with E-state index in [1.54, 1.807) is 11.8 Å². The van der Waals surface area contributed by atoms with Crippen LogP contribution in [0.25, 0.3) is 17.1 Å². The minimum Gasteiger partial charge on any atom is -0.406 e. The van der Waals surface area contributed by atoms with Crippen LogP contribution in [-0.4, -0.2) is 49.2 Å². The number of amidine groups is 1. The van der Waals surface area contributed by atoms with Gasteiger partial charge in [-0.2, -0.15) is 4.99 Å². The Bertz CT molecular complexity index is 1790. The topological polar surface area (TPSA) is 70.8 Å². The van der Waals surface area contributed by atoms with Crippen LogP contribution in [0.3, 0.4) is 0 Å². The molecule has 0 spiro atoms. The molecule has 232 valence electrons. The Morgan fingerprint density at radius 2 is 1.89 bits per heavy atom. The molecule has 45 heavy (non-hydrogen) atoms. The monoisotopic (exact) mass is 669 g/mol. The Morgan fingerprint density at radius 3 is 2.60 bits per heavy atom. The fourth-order valence-electron chi connectivity index (χ4n) is 5.14. The van der Waals surface area contributed by atoms with Gasteiger partial charge in [0, 0.05) is 35.0 Å². The quantitative estimate of drug-likeness (QED) is 0.164. The molecule has 8 nitrogen and oxygen atoms in total. The number of thiocarbonyl (C=S) groups is 1. The summed E-state index contributed by atoms with van der Waals surface area (Å²) in [7, 11) is 1.91. The van der Waals surface area contributed by atoms with E-state index in [-0.39, 0.29) is 11.8 Å². The molecule has 0 aliphatic carbocycles. The van der Waals surface area contributed by atoms with Crippen LogP contribution in [0.2, 0.25) is 5.02 Å². The summed E-state index contributed by atoms with van der Waals surface area (Å²) in [6.07, 6.45) is -0.984. The number of hydrogen-bond donors (Lipinski definition) is 1. The Balaban J connectivity index is 1.10. The summed E-state index contributed by atoms with van der Waals surface area (Å²) in [5.41, 5.74) is 9.00. The molecule has 14 heteroatoms. The Kier molecular flexibility index (Phi) is 8.61. The van der Waals surface area contributed by atoms with Crippen molar-refractivity contribution in [2.75, 3.05) is 17.7 Å². The lowest BCUT2D eigenvalue weighted by Crippen LogP contribution is -2.40. The largest absolute Gasteiger partial charge is 0.573 e. The number of thioether (sulfide) groups is 1. The third kappa shape index (κ3) is 6.86. The minimum atomic E-state index is -4.75. The smallest absolute Gasteiger partial charge is 0.406 e. The summed E-state index contributed by atoms with van der Waals surface area (Å²) in [5, 5.41) is 8.20. The van der Waals surface area contributed by atoms with Crippen molar-refractivity contribution in [1.82, 2.24) is 25.2 Å². The highest BCUT2D eigenvalue weighted by Crippen LogP contribution is 2.43. The molecule has 2 atom stereocenters. The molecule has 6 rings (SSSR count). The summed E-state index contributed by atoms with van der Waals surface area (Å²) >= 11 is 13.6. The van der Waals surface area contributed by atoms with Crippen molar-refractivity contribution >= 4 is 51.5 Å². The molecule has 0 bridgehead atoms. The number of aromatic nitrogens is 3. The Hall–Kier alpha value is -3.91. The fourth-order valence-corrected chi connectivity index (χ4v) is 6.60. The number of benzene rings is 3. The van der Waals surface area contributed by atoms with Crippen molar-refractivity contribution in [3.05, 3.63) is 101 Å². The lowest BCUT2D eigenvalue weighted by Gasteiger charge is -2.30. The number of allylic oxidation sites excluding steroid dienone is 1. The highest BCUT2D eigenvalue weighted by Gasteiger charge is 2.33. The molecular formula is C31H27ClF3N7OS2. The highest BCUT2D eigenvalue weighted by molar-refractivity contribution is 8.14. The van der Waals surface area contributed by atoms with Gasteiger partial charge in [0.15, 0.2) is 11.0 Å². The maximum absolute atomic E-state index is 12.4. The molecule has 0 radical (unpaired) electrons. The van der Waals surface area contributed by atoms with Gasteiger partial charge in [-0.25, -0.2) is 14.7 Å². The van der Waals surface area contributed by atoms with Crippen LogP contribution in [-0.2, 0) is 0 Å². The van der Waals surface area contributed by atoms with Crippen LogP contribution in [0.1, 0.15) is 36.9 Å². The van der Waals surface area contributed by atoms with Crippen molar-refractivity contribution < 1.29 is 17.9 Å². The predicted octanol–water partition coefficient (Wildman–Crippen LogP) is 7.88. The SMILES string of the molecule is CC1C=C2CS/C(=N\C(=S)NN(C)C(C)c3ccc(-c4ncn(-c5ccc(OC(F)(F)F)cc5)n4)cc3)N2c2cc(Cl)ccc21. The van der Waals surface area contributed by atoms with Gasteiger partial charge in [0.1, 0.15) is 12.1 Å². The van der Waals surface area contributed by atoms with E-state index in [4.69, 9.17) is 28.8 Å². The molecule has 2 aliphatic rings. The second-order valence-corrected chi connectivity index (χ2v) is 12.3. The molecule has 2 unspecified atom stereocenters. The predicted molar refractivity (Wildman–Crippen MR) is 176 cm³/mol. The summed E-state index contributed by atoms with van der Waals surface area (Å²) in [4.78, 5) is 11.3. The molecule has 1 N–H and O–H groups in total. The second-order valence-electron chi connectivity index (χ2n) is 10.5. The van der Waals surface area contributed by atoms with E-state index in [0.717, 1.165) is 27.7 Å². The number of hydrazine groups is 1. The van der Waals surface area contributed by atoms with Gasteiger partial charge in [0.05, 0.1) is 17.4 Å². The molecule has 0 saturated carbocycles. The molecule has 4 aromatic rings. The first kappa shape index (κ1) is 31.1. The van der Waals surface area contributed by atoms with Gasteiger partial charge in [-0.1, -0.05) is 66.7 Å². The normalized spacial score (nSPS) is 17.6. The highest BCUT2D eigenvalue weighted by atomic mass is 35.5. The average molecular weight is 670 g/mol. The zero-order valence-corrected chi connectivity index (χ0v) is 26.7. The number of halogens is 4. The number of hydrogen-bond acceptors (Lipinski definition) is 6. The van der Waals surface area contributed by atoms with Crippen LogP contribution < -0.4 is 15.1 Å². The molecular weight excluding hydrogens is 643 g/mol. The van der Waals surface area contributed by atoms with Crippen molar-refractivity contribution in [2.45, 2.75) is 32.2 Å². The first-order chi connectivity index (χ1) is 21.4. The van der Waals surface area contributed by atoms with Crippen LogP contribution in [0, 0.1) is 0 Å². The van der Waals surface area contributed by atoms with E-state index in [1.165, 1.54) is 46.5 Å². The van der Waals surface area contributed by atoms with Gasteiger partial charge in [-0.05, 0) is 66.7 Å².